The van der Waals surface area contributed by atoms with Crippen molar-refractivity contribution >= 4 is 0 Å². The predicted octanol–water partition coefficient (Wildman–Crippen LogP) is 1.39. The van der Waals surface area contributed by atoms with Crippen LogP contribution in [0.15, 0.2) is 0 Å². The lowest BCUT2D eigenvalue weighted by Gasteiger charge is -2.46. The van der Waals surface area contributed by atoms with Crippen molar-refractivity contribution in [1.82, 2.24) is 30.4 Å². The summed E-state index contributed by atoms with van der Waals surface area (Å²) in [6.07, 6.45) is 5.96. The molecule has 0 amide bonds. The molecule has 1 saturated heterocycles. The summed E-state index contributed by atoms with van der Waals surface area (Å²) in [7, 11) is 1.82. The Balaban J connectivity index is 2.08. The van der Waals surface area contributed by atoms with E-state index in [-0.39, 0.29) is 5.54 Å². The van der Waals surface area contributed by atoms with Gasteiger partial charge in [0.1, 0.15) is 0 Å². The molecular formula is C15H30N6. The molecule has 0 radical (unpaired) electrons. The van der Waals surface area contributed by atoms with Crippen LogP contribution in [-0.4, -0.2) is 56.3 Å². The third-order valence-electron chi connectivity index (χ3n) is 4.60. The number of hydrogen-bond donors (Lipinski definition) is 1. The maximum atomic E-state index is 4.35. The lowest BCUT2D eigenvalue weighted by Crippen LogP contribution is -2.60. The first-order chi connectivity index (χ1) is 10.0. The number of piperidine rings is 1. The third kappa shape index (κ3) is 4.23. The van der Waals surface area contributed by atoms with Gasteiger partial charge in [0.05, 0.1) is 7.05 Å². The summed E-state index contributed by atoms with van der Waals surface area (Å²) in [5.41, 5.74) is 0.106. The molecular weight excluding hydrogens is 264 g/mol. The lowest BCUT2D eigenvalue weighted by atomic mass is 9.87. The van der Waals surface area contributed by atoms with Gasteiger partial charge < -0.3 is 5.32 Å². The van der Waals surface area contributed by atoms with E-state index in [1.54, 1.807) is 4.80 Å². The first-order valence-corrected chi connectivity index (χ1v) is 8.25. The van der Waals surface area contributed by atoms with E-state index < -0.39 is 0 Å². The highest BCUT2D eigenvalue weighted by atomic mass is 15.6. The first-order valence-electron chi connectivity index (χ1n) is 8.25. The Kier molecular flexibility index (Phi) is 5.70. The number of aromatic nitrogens is 4. The van der Waals surface area contributed by atoms with Crippen LogP contribution in [0.25, 0.3) is 0 Å². The molecule has 1 atom stereocenters. The lowest BCUT2D eigenvalue weighted by molar-refractivity contribution is 0.0604. The topological polar surface area (TPSA) is 58.9 Å². The van der Waals surface area contributed by atoms with Crippen molar-refractivity contribution in [3.63, 3.8) is 0 Å². The number of tetrazole rings is 1. The molecule has 0 aliphatic carbocycles. The largest absolute Gasteiger partial charge is 0.312 e. The van der Waals surface area contributed by atoms with Crippen LogP contribution in [0.5, 0.6) is 0 Å². The molecule has 1 aliphatic heterocycles. The van der Waals surface area contributed by atoms with E-state index in [0.717, 1.165) is 25.2 Å². The molecule has 0 saturated carbocycles. The highest BCUT2D eigenvalue weighted by Gasteiger charge is 2.36. The third-order valence-corrected chi connectivity index (χ3v) is 4.60. The highest BCUT2D eigenvalue weighted by molar-refractivity contribution is 4.99. The maximum Gasteiger partial charge on any atom is 0.176 e. The van der Waals surface area contributed by atoms with Gasteiger partial charge in [-0.1, -0.05) is 13.3 Å². The number of nitrogens with one attached hydrogen (secondary N) is 1. The van der Waals surface area contributed by atoms with Crippen molar-refractivity contribution in [2.45, 2.75) is 64.5 Å². The average molecular weight is 294 g/mol. The molecule has 0 spiro atoms. The Morgan fingerprint density at radius 2 is 1.95 bits per heavy atom. The van der Waals surface area contributed by atoms with Gasteiger partial charge in [-0.05, 0) is 58.0 Å². The molecule has 2 rings (SSSR count). The van der Waals surface area contributed by atoms with Crippen molar-refractivity contribution in [3.05, 3.63) is 5.82 Å². The van der Waals surface area contributed by atoms with Crippen LogP contribution < -0.4 is 5.32 Å². The van der Waals surface area contributed by atoms with E-state index in [2.05, 4.69) is 46.4 Å². The van der Waals surface area contributed by atoms with Gasteiger partial charge in [-0.3, -0.25) is 4.90 Å². The van der Waals surface area contributed by atoms with Crippen LogP contribution >= 0.6 is 0 Å². The summed E-state index contributed by atoms with van der Waals surface area (Å²) in [6.45, 7) is 10.3. The van der Waals surface area contributed by atoms with Gasteiger partial charge in [-0.25, -0.2) is 0 Å². The second-order valence-corrected chi connectivity index (χ2v) is 6.61. The minimum Gasteiger partial charge on any atom is -0.312 e. The second-order valence-electron chi connectivity index (χ2n) is 6.61. The number of likely N-dealkylation sites (tertiary alicyclic amines) is 1. The van der Waals surface area contributed by atoms with Gasteiger partial charge in [-0.15, -0.1) is 10.2 Å². The van der Waals surface area contributed by atoms with Crippen molar-refractivity contribution in [2.24, 2.45) is 7.05 Å². The number of nitrogens with zero attached hydrogens (tertiary/aromatic N) is 5. The minimum absolute atomic E-state index is 0.106. The zero-order valence-electron chi connectivity index (χ0n) is 14.0. The highest BCUT2D eigenvalue weighted by Crippen LogP contribution is 2.25. The standard InChI is InChI=1S/C15H30N6/c1-5-9-16-13(12-14-17-19-20(4)18-14)15(2,3)21-10-7-6-8-11-21/h13,16H,5-12H2,1-4H3. The fourth-order valence-electron chi connectivity index (χ4n) is 3.17. The van der Waals surface area contributed by atoms with Crippen LogP contribution in [0, 0.1) is 0 Å². The second kappa shape index (κ2) is 7.31. The van der Waals surface area contributed by atoms with Crippen molar-refractivity contribution in [1.29, 1.82) is 0 Å². The molecule has 1 fully saturated rings. The van der Waals surface area contributed by atoms with Gasteiger partial charge in [0.25, 0.3) is 0 Å². The molecule has 0 aromatic carbocycles. The van der Waals surface area contributed by atoms with Crippen LogP contribution in [0.2, 0.25) is 0 Å². The van der Waals surface area contributed by atoms with E-state index in [1.807, 2.05) is 7.05 Å². The zero-order valence-corrected chi connectivity index (χ0v) is 14.0. The molecule has 1 aromatic rings. The molecule has 1 aromatic heterocycles. The Labute approximate surface area is 128 Å². The van der Waals surface area contributed by atoms with Crippen molar-refractivity contribution in [2.75, 3.05) is 19.6 Å². The summed E-state index contributed by atoms with van der Waals surface area (Å²) in [5, 5.41) is 16.2. The van der Waals surface area contributed by atoms with Crippen LogP contribution in [0.1, 0.15) is 52.3 Å². The van der Waals surface area contributed by atoms with Crippen molar-refractivity contribution in [3.8, 4) is 0 Å². The smallest absolute Gasteiger partial charge is 0.176 e. The summed E-state index contributed by atoms with van der Waals surface area (Å²) in [5.74, 6) is 0.830. The molecule has 6 heteroatoms. The van der Waals surface area contributed by atoms with E-state index in [9.17, 15) is 0 Å². The van der Waals surface area contributed by atoms with Gasteiger partial charge >= 0.3 is 0 Å². The van der Waals surface area contributed by atoms with Crippen molar-refractivity contribution < 1.29 is 0 Å². The van der Waals surface area contributed by atoms with Crippen LogP contribution in [0.3, 0.4) is 0 Å². The number of aryl methyl sites for hydroxylation is 1. The van der Waals surface area contributed by atoms with Gasteiger partial charge in [-0.2, -0.15) is 4.80 Å². The van der Waals surface area contributed by atoms with Crippen LogP contribution in [0.4, 0.5) is 0 Å². The first kappa shape index (κ1) is 16.4. The maximum absolute atomic E-state index is 4.35. The molecule has 21 heavy (non-hydrogen) atoms. The molecule has 6 nitrogen and oxygen atoms in total. The quantitative estimate of drug-likeness (QED) is 0.823. The molecule has 120 valence electrons. The SMILES string of the molecule is CCCNC(Cc1nnn(C)n1)C(C)(C)N1CCCCC1. The van der Waals surface area contributed by atoms with Crippen LogP contribution in [-0.2, 0) is 13.5 Å². The zero-order chi connectivity index (χ0) is 15.3. The fraction of sp³-hybridized carbons (Fsp3) is 0.933. The molecule has 1 aliphatic rings. The summed E-state index contributed by atoms with van der Waals surface area (Å²) in [4.78, 5) is 4.17. The molecule has 0 bridgehead atoms. The number of rotatable bonds is 7. The fourth-order valence-corrected chi connectivity index (χ4v) is 3.17. The summed E-state index contributed by atoms with van der Waals surface area (Å²) < 4.78 is 0. The minimum atomic E-state index is 0.106. The van der Waals surface area contributed by atoms with E-state index in [4.69, 9.17) is 0 Å². The van der Waals surface area contributed by atoms with Gasteiger partial charge in [0.15, 0.2) is 5.82 Å². The molecule has 2 heterocycles. The molecule has 1 N–H and O–H groups in total. The Bertz CT molecular complexity index is 422. The normalized spacial score (nSPS) is 18.9. The Morgan fingerprint density at radius 1 is 1.24 bits per heavy atom. The molecule has 1 unspecified atom stereocenters. The monoisotopic (exact) mass is 294 g/mol. The van der Waals surface area contributed by atoms with Gasteiger partial charge in [0, 0.05) is 18.0 Å². The number of hydrogen-bond acceptors (Lipinski definition) is 5. The van der Waals surface area contributed by atoms with Gasteiger partial charge in [0.2, 0.25) is 0 Å². The average Bonchev–Trinajstić information content (AvgIpc) is 2.89. The van der Waals surface area contributed by atoms with E-state index >= 15 is 0 Å². The summed E-state index contributed by atoms with van der Waals surface area (Å²) >= 11 is 0. The van der Waals surface area contributed by atoms with E-state index in [1.165, 1.54) is 32.4 Å². The van der Waals surface area contributed by atoms with E-state index in [0.29, 0.717) is 6.04 Å². The Hall–Kier alpha value is -1.01. The predicted molar refractivity (Wildman–Crippen MR) is 84.1 cm³/mol. The Morgan fingerprint density at radius 3 is 2.52 bits per heavy atom. The summed E-state index contributed by atoms with van der Waals surface area (Å²) in [6, 6.07) is 0.347.